The number of carbonyl (C=O) groups excluding carboxylic acids is 3. The van der Waals surface area contributed by atoms with Crippen LogP contribution in [0.1, 0.15) is 6.92 Å². The van der Waals surface area contributed by atoms with E-state index in [1.54, 1.807) is 12.0 Å². The van der Waals surface area contributed by atoms with E-state index in [2.05, 4.69) is 24.8 Å². The fraction of sp³-hybridized carbons (Fsp3) is 0.273. The number of amidine groups is 2. The Balaban J connectivity index is 1.32. The predicted octanol–water partition coefficient (Wildman–Crippen LogP) is -1.41. The molecule has 0 aromatic carbocycles. The molecule has 232 valence electrons. The van der Waals surface area contributed by atoms with Crippen molar-refractivity contribution in [1.29, 1.82) is 0 Å². The highest BCUT2D eigenvalue weighted by molar-refractivity contribution is 8.07. The van der Waals surface area contributed by atoms with Crippen LogP contribution in [0.4, 0.5) is 0 Å². The standard InChI is InChI=1S/C22H21N8O9PS4/c1-3-39-26-13(16-25-21(44(38)28-16)27-40(35,36)37)17(31)24-14-18(32)30-15(20(33)34)12(9-41-19(14)30)43-22-23-11(8-42-22)10-4-6-29(2)7-5-10/h4-8,14,19H,3,9H2,1-2H3,(H4-,24,25,27,28,31,33,34,35,36,37)/b26-13-/t14-,19-,44?/m1/s1. The predicted molar refractivity (Wildman–Crippen MR) is 159 cm³/mol. The van der Waals surface area contributed by atoms with Crippen molar-refractivity contribution in [2.24, 2.45) is 21.6 Å². The molecule has 0 saturated carbocycles. The van der Waals surface area contributed by atoms with E-state index in [9.17, 15) is 28.3 Å². The Morgan fingerprint density at radius 1 is 1.36 bits per heavy atom. The highest BCUT2D eigenvalue weighted by Crippen LogP contribution is 2.45. The average Bonchev–Trinajstić information content (AvgIpc) is 3.57. The Hall–Kier alpha value is -3.46. The summed E-state index contributed by atoms with van der Waals surface area (Å²) in [5.74, 6) is -3.71. The van der Waals surface area contributed by atoms with Gasteiger partial charge in [0.1, 0.15) is 25.1 Å². The number of thiazole rings is 1. The van der Waals surface area contributed by atoms with Gasteiger partial charge in [0.15, 0.2) is 16.7 Å². The molecule has 2 amide bonds. The number of carboxylic acids is 1. The normalized spacial score (nSPS) is 21.7. The van der Waals surface area contributed by atoms with Crippen LogP contribution in [-0.2, 0) is 41.8 Å². The maximum Gasteiger partial charge on any atom is 0.429 e. The van der Waals surface area contributed by atoms with Crippen molar-refractivity contribution in [2.45, 2.75) is 22.7 Å². The molecule has 0 spiro atoms. The summed E-state index contributed by atoms with van der Waals surface area (Å²) in [7, 11) is -5.38. The zero-order valence-electron chi connectivity index (χ0n) is 22.5. The first-order valence-corrected chi connectivity index (χ1v) is 17.7. The monoisotopic (exact) mass is 700 g/mol. The molecule has 0 aliphatic carbocycles. The molecule has 0 bridgehead atoms. The smallest absolute Gasteiger partial charge is 0.429 e. The molecule has 3 aliphatic rings. The summed E-state index contributed by atoms with van der Waals surface area (Å²) in [5, 5.41) is 20.2. The van der Waals surface area contributed by atoms with Gasteiger partial charge in [0.2, 0.25) is 27.7 Å². The Bertz CT molecular complexity index is 1740. The number of aliphatic carboxylic acids is 1. The van der Waals surface area contributed by atoms with Crippen LogP contribution in [0.2, 0.25) is 0 Å². The van der Waals surface area contributed by atoms with Gasteiger partial charge >= 0.3 is 7.75 Å². The molecule has 44 heavy (non-hydrogen) atoms. The third-order valence-electron chi connectivity index (χ3n) is 5.88. The number of aliphatic imine (C=N–C) groups is 1. The minimum Gasteiger partial charge on any atom is -0.543 e. The van der Waals surface area contributed by atoms with Crippen LogP contribution < -0.4 is 20.1 Å². The average molecular weight is 701 g/mol. The number of hydrogen-bond acceptors (Lipinski definition) is 13. The number of aromatic nitrogens is 2. The second-order valence-electron chi connectivity index (χ2n) is 8.87. The molecule has 1 saturated heterocycles. The van der Waals surface area contributed by atoms with Crippen molar-refractivity contribution < 1.29 is 47.5 Å². The van der Waals surface area contributed by atoms with E-state index in [1.165, 1.54) is 23.1 Å². The Labute approximate surface area is 263 Å². The number of oxime groups is 1. The van der Waals surface area contributed by atoms with Crippen LogP contribution in [0.3, 0.4) is 0 Å². The van der Waals surface area contributed by atoms with Crippen molar-refractivity contribution in [3.63, 3.8) is 0 Å². The molecule has 22 heteroatoms. The van der Waals surface area contributed by atoms with E-state index in [0.29, 0.717) is 14.9 Å². The quantitative estimate of drug-likeness (QED) is 0.0734. The number of carbonyl (C=O) groups is 3. The van der Waals surface area contributed by atoms with Crippen molar-refractivity contribution in [3.05, 3.63) is 40.5 Å². The number of amides is 2. The Morgan fingerprint density at radius 2 is 2.09 bits per heavy atom. The summed E-state index contributed by atoms with van der Waals surface area (Å²) in [4.78, 5) is 71.2. The van der Waals surface area contributed by atoms with Gasteiger partial charge < -0.3 is 29.8 Å². The molecule has 5 heterocycles. The van der Waals surface area contributed by atoms with E-state index in [1.807, 2.05) is 41.5 Å². The van der Waals surface area contributed by atoms with Crippen molar-refractivity contribution in [2.75, 3.05) is 12.4 Å². The number of thioether (sulfide) groups is 2. The lowest BCUT2D eigenvalue weighted by Gasteiger charge is -2.50. The maximum absolute atomic E-state index is 13.2. The van der Waals surface area contributed by atoms with Crippen LogP contribution in [0, 0.1) is 0 Å². The van der Waals surface area contributed by atoms with E-state index in [-0.39, 0.29) is 18.1 Å². The first-order valence-electron chi connectivity index (χ1n) is 12.3. The molecule has 2 aromatic rings. The number of fused-ring (bicyclic) bond motifs is 1. The lowest BCUT2D eigenvalue weighted by Crippen LogP contribution is -2.71. The number of rotatable bonds is 10. The molecule has 1 fully saturated rings. The van der Waals surface area contributed by atoms with Gasteiger partial charge in [0.05, 0.1) is 17.4 Å². The molecule has 3 atom stereocenters. The minimum absolute atomic E-state index is 0.00392. The Morgan fingerprint density at radius 3 is 2.75 bits per heavy atom. The summed E-state index contributed by atoms with van der Waals surface area (Å²) in [6.45, 7) is 1.56. The minimum atomic E-state index is -4.89. The topological polar surface area (TPSA) is 239 Å². The third-order valence-corrected chi connectivity index (χ3v) is 10.9. The lowest BCUT2D eigenvalue weighted by molar-refractivity contribution is -0.671. The number of hydrogen-bond donors (Lipinski definition) is 4. The maximum atomic E-state index is 13.2. The van der Waals surface area contributed by atoms with Gasteiger partial charge in [-0.3, -0.25) is 19.6 Å². The van der Waals surface area contributed by atoms with E-state index >= 15 is 0 Å². The second kappa shape index (κ2) is 12.9. The molecule has 4 N–H and O–H groups in total. The number of β-lactam (4-membered cyclic amide) rings is 1. The zero-order valence-corrected chi connectivity index (χ0v) is 26.6. The number of carboxylic acid groups (broad SMARTS) is 1. The van der Waals surface area contributed by atoms with Crippen LogP contribution in [0.5, 0.6) is 0 Å². The molecule has 3 aliphatic heterocycles. The van der Waals surface area contributed by atoms with Crippen LogP contribution >= 0.6 is 42.6 Å². The molecular formula is C22H21N8O9PS4. The van der Waals surface area contributed by atoms with Crippen molar-refractivity contribution in [1.82, 2.24) is 20.3 Å². The van der Waals surface area contributed by atoms with Gasteiger partial charge in [0, 0.05) is 33.7 Å². The van der Waals surface area contributed by atoms with Crippen molar-refractivity contribution in [3.8, 4) is 11.3 Å². The Kier molecular flexibility index (Phi) is 9.35. The summed E-state index contributed by atoms with van der Waals surface area (Å²) in [6, 6.07) is 2.62. The first-order chi connectivity index (χ1) is 20.9. The molecule has 0 radical (unpaired) electrons. The number of pyridine rings is 1. The summed E-state index contributed by atoms with van der Waals surface area (Å²) in [6.07, 6.45) is 3.76. The molecule has 2 aromatic heterocycles. The molecule has 1 unspecified atom stereocenters. The molecular weight excluding hydrogens is 680 g/mol. The van der Waals surface area contributed by atoms with E-state index in [4.69, 9.17) is 14.6 Å². The van der Waals surface area contributed by atoms with Gasteiger partial charge in [-0.2, -0.15) is 9.39 Å². The second-order valence-corrected chi connectivity index (χ2v) is 14.6. The van der Waals surface area contributed by atoms with Crippen LogP contribution in [-0.4, -0.2) is 82.2 Å². The molecule has 17 nitrogen and oxygen atoms in total. The van der Waals surface area contributed by atoms with E-state index < -0.39 is 64.6 Å². The van der Waals surface area contributed by atoms with Gasteiger partial charge in [-0.15, -0.1) is 23.1 Å². The van der Waals surface area contributed by atoms with Crippen molar-refractivity contribution >= 4 is 88.1 Å². The highest BCUT2D eigenvalue weighted by Gasteiger charge is 2.53. The van der Waals surface area contributed by atoms with Gasteiger partial charge in [-0.05, 0) is 6.92 Å². The summed E-state index contributed by atoms with van der Waals surface area (Å²) >= 11 is 3.65. The highest BCUT2D eigenvalue weighted by atomic mass is 32.2. The summed E-state index contributed by atoms with van der Waals surface area (Å²) < 4.78 is 29.4. The zero-order chi connectivity index (χ0) is 31.8. The van der Waals surface area contributed by atoms with E-state index in [0.717, 1.165) is 22.2 Å². The first kappa shape index (κ1) is 31.9. The number of nitrogens with one attached hydrogen (secondary N) is 2. The molecule has 5 rings (SSSR count). The largest absolute Gasteiger partial charge is 0.543 e. The third kappa shape index (κ3) is 6.77. The van der Waals surface area contributed by atoms with Gasteiger partial charge in [0.25, 0.3) is 11.8 Å². The number of aryl methyl sites for hydroxylation is 1. The van der Waals surface area contributed by atoms with Crippen LogP contribution in [0.15, 0.2) is 59.4 Å². The fourth-order valence-electron chi connectivity index (χ4n) is 3.96. The van der Waals surface area contributed by atoms with Crippen LogP contribution in [0.25, 0.3) is 11.3 Å². The van der Waals surface area contributed by atoms with Gasteiger partial charge in [-0.25, -0.2) is 18.3 Å². The SMILES string of the molecule is CCO/N=C(\C(=O)N[C@@H]1C(=O)N2C(C(=O)[O-])=C(Sc3nc(-c4cc[n+](C)cc4)cs3)CS[C@H]12)C1=NS(=O)C(NP(=O)(O)O)=N1. The lowest BCUT2D eigenvalue weighted by atomic mass is 10.0. The fourth-order valence-corrected chi connectivity index (χ4v) is 8.92. The van der Waals surface area contributed by atoms with Gasteiger partial charge in [-0.1, -0.05) is 16.9 Å². The number of nitrogens with zero attached hydrogens (tertiary/aromatic N) is 6. The summed E-state index contributed by atoms with van der Waals surface area (Å²) in [5.41, 5.74) is 0.659.